The van der Waals surface area contributed by atoms with Crippen molar-refractivity contribution in [1.29, 1.82) is 0 Å². The number of carbonyl (C=O) groups excluding carboxylic acids is 4. The molecule has 0 spiro atoms. The molecular weight excluding hydrogens is 966 g/mol. The monoisotopic (exact) mass is 1010 g/mol. The van der Waals surface area contributed by atoms with Gasteiger partial charge in [-0.25, -0.2) is 14.8 Å². The Morgan fingerprint density at radius 2 is 1.73 bits per heavy atom. The lowest BCUT2D eigenvalue weighted by Crippen LogP contribution is -2.39. The lowest BCUT2D eigenvalue weighted by molar-refractivity contribution is -0.138. The van der Waals surface area contributed by atoms with Gasteiger partial charge in [-0.3, -0.25) is 44.4 Å². The van der Waals surface area contributed by atoms with Gasteiger partial charge in [0.15, 0.2) is 10.8 Å². The average Bonchev–Trinajstić information content (AvgIpc) is 3.94. The Hall–Kier alpha value is -7.78. The molecule has 1 atom stereocenters. The molecule has 3 aliphatic heterocycles. The molecular formula is C52H49F3N10O7S. The third-order valence-corrected chi connectivity index (χ3v) is 14.7. The fourth-order valence-electron chi connectivity index (χ4n) is 10.1. The topological polar surface area (TPSA) is 214 Å². The largest absolute Gasteiger partial charge is 0.493 e. The summed E-state index contributed by atoms with van der Waals surface area (Å²) in [7, 11) is 1.76. The van der Waals surface area contributed by atoms with Crippen LogP contribution in [-0.4, -0.2) is 97.1 Å². The molecule has 3 aromatic carbocycles. The highest BCUT2D eigenvalue weighted by Crippen LogP contribution is 2.44. The van der Waals surface area contributed by atoms with E-state index in [1.807, 2.05) is 36.4 Å². The first kappa shape index (κ1) is 48.8. The highest BCUT2D eigenvalue weighted by atomic mass is 32.1. The van der Waals surface area contributed by atoms with E-state index < -0.39 is 41.0 Å². The van der Waals surface area contributed by atoms with Gasteiger partial charge in [-0.1, -0.05) is 35.6 Å². The van der Waals surface area contributed by atoms with Crippen molar-refractivity contribution in [1.82, 2.24) is 34.9 Å². The van der Waals surface area contributed by atoms with Crippen molar-refractivity contribution >= 4 is 78.7 Å². The van der Waals surface area contributed by atoms with Crippen LogP contribution in [0.1, 0.15) is 87.8 Å². The molecule has 73 heavy (non-hydrogen) atoms. The maximum Gasteiger partial charge on any atom is 0.420 e. The standard InChI is InChI=1S/C52H49F3N10O7S/c1-63-38-26-31(11-12-34(38)45(62-63)35-14-16-42(66)60-48(35)68)57-43(67)28-64-22-18-29(19-23-64)6-5-25-72-39-9-4-7-32(44(39)52(53,54)55)33-13-15-41(59-47(33)50(70)71)65-24-20-30-17-21-56-46(36(30)27-65)49(69)61-51-58-37-8-2-3-10-40(37)73-51/h2-4,7-13,15,17,21,26,29,35H,5-6,14,16,18-20,22-25,27-28H2,1H3,(H,57,67)(H,70,71)(H,58,61,69)(H,60,66,68). The van der Waals surface area contributed by atoms with Crippen LogP contribution >= 0.6 is 11.3 Å². The Bertz CT molecular complexity index is 3280. The fourth-order valence-corrected chi connectivity index (χ4v) is 10.9. The number of rotatable bonds is 14. The number of nitrogens with zero attached hydrogens (tertiary/aromatic N) is 7. The number of aryl methyl sites for hydroxylation is 1. The number of pyridine rings is 2. The van der Waals surface area contributed by atoms with Gasteiger partial charge in [0.25, 0.3) is 5.91 Å². The predicted molar refractivity (Wildman–Crippen MR) is 267 cm³/mol. The van der Waals surface area contributed by atoms with E-state index in [2.05, 4.69) is 40.9 Å². The molecule has 10 rings (SSSR count). The van der Waals surface area contributed by atoms with E-state index >= 15 is 0 Å². The Morgan fingerprint density at radius 1 is 0.904 bits per heavy atom. The summed E-state index contributed by atoms with van der Waals surface area (Å²) in [5, 5.41) is 24.3. The zero-order valence-electron chi connectivity index (χ0n) is 39.5. The van der Waals surface area contributed by atoms with Crippen molar-refractivity contribution in [3.63, 3.8) is 0 Å². The Kier molecular flexibility index (Phi) is 13.6. The van der Waals surface area contributed by atoms with Gasteiger partial charge in [-0.15, -0.1) is 0 Å². The van der Waals surface area contributed by atoms with Crippen molar-refractivity contribution in [3.05, 3.63) is 119 Å². The number of alkyl halides is 3. The number of thiazole rings is 1. The second kappa shape index (κ2) is 20.4. The quantitative estimate of drug-likeness (QED) is 0.0598. The summed E-state index contributed by atoms with van der Waals surface area (Å²) in [4.78, 5) is 80.8. The van der Waals surface area contributed by atoms with Gasteiger partial charge in [-0.05, 0) is 118 Å². The van der Waals surface area contributed by atoms with Crippen molar-refractivity contribution in [3.8, 4) is 16.9 Å². The summed E-state index contributed by atoms with van der Waals surface area (Å²) in [6.07, 6.45) is 0.519. The minimum atomic E-state index is -4.90. The number of benzene rings is 3. The number of anilines is 3. The van der Waals surface area contributed by atoms with E-state index in [0.29, 0.717) is 67.4 Å². The lowest BCUT2D eigenvalue weighted by Gasteiger charge is -2.31. The molecule has 2 fully saturated rings. The number of aromatic carboxylic acids is 1. The Labute approximate surface area is 419 Å². The molecule has 1 unspecified atom stereocenters. The number of halogens is 3. The first-order valence-corrected chi connectivity index (χ1v) is 24.8. The second-order valence-corrected chi connectivity index (χ2v) is 19.5. The van der Waals surface area contributed by atoms with Crippen LogP contribution in [0.25, 0.3) is 32.2 Å². The van der Waals surface area contributed by atoms with Crippen LogP contribution < -0.4 is 25.6 Å². The van der Waals surface area contributed by atoms with Gasteiger partial charge < -0.3 is 20.1 Å². The zero-order chi connectivity index (χ0) is 51.0. The summed E-state index contributed by atoms with van der Waals surface area (Å²) >= 11 is 1.33. The molecule has 4 amide bonds. The molecule has 0 radical (unpaired) electrons. The van der Waals surface area contributed by atoms with Crippen LogP contribution in [0.4, 0.5) is 29.8 Å². The number of para-hydroxylation sites is 1. The third-order valence-electron chi connectivity index (χ3n) is 13.7. The molecule has 4 N–H and O–H groups in total. The molecule has 376 valence electrons. The number of amides is 4. The number of hydrogen-bond acceptors (Lipinski definition) is 13. The minimum Gasteiger partial charge on any atom is -0.493 e. The second-order valence-electron chi connectivity index (χ2n) is 18.5. The highest BCUT2D eigenvalue weighted by molar-refractivity contribution is 7.22. The van der Waals surface area contributed by atoms with Crippen LogP contribution in [-0.2, 0) is 40.6 Å². The van der Waals surface area contributed by atoms with Gasteiger partial charge in [0, 0.05) is 60.5 Å². The number of hydrogen-bond donors (Lipinski definition) is 4. The predicted octanol–water partition coefficient (Wildman–Crippen LogP) is 8.20. The van der Waals surface area contributed by atoms with Crippen LogP contribution in [0.5, 0.6) is 5.75 Å². The van der Waals surface area contributed by atoms with E-state index in [-0.39, 0.29) is 72.4 Å². The number of ether oxygens (including phenoxy) is 1. The number of carboxylic acid groups (broad SMARTS) is 1. The number of aromatic nitrogens is 5. The van der Waals surface area contributed by atoms with Crippen LogP contribution in [0.2, 0.25) is 0 Å². The van der Waals surface area contributed by atoms with Gasteiger partial charge in [0.1, 0.15) is 22.8 Å². The van der Waals surface area contributed by atoms with Gasteiger partial charge >= 0.3 is 12.1 Å². The number of fused-ring (bicyclic) bond motifs is 3. The van der Waals surface area contributed by atoms with Crippen molar-refractivity contribution in [2.24, 2.45) is 13.0 Å². The molecule has 3 aliphatic rings. The van der Waals surface area contributed by atoms with E-state index in [0.717, 1.165) is 39.5 Å². The molecule has 7 aromatic rings. The maximum absolute atomic E-state index is 15.0. The van der Waals surface area contributed by atoms with Crippen LogP contribution in [0.15, 0.2) is 85.1 Å². The summed E-state index contributed by atoms with van der Waals surface area (Å²) in [5.41, 5.74) is 2.06. The molecule has 0 bridgehead atoms. The third kappa shape index (κ3) is 10.5. The lowest BCUT2D eigenvalue weighted by atomic mass is 9.92. The molecule has 21 heteroatoms. The van der Waals surface area contributed by atoms with Crippen molar-refractivity contribution < 1.29 is 47.0 Å². The number of piperidine rings is 2. The molecule has 0 saturated carbocycles. The first-order valence-electron chi connectivity index (χ1n) is 24.0. The van der Waals surface area contributed by atoms with Crippen molar-refractivity contribution in [2.45, 2.75) is 63.6 Å². The number of imide groups is 1. The van der Waals surface area contributed by atoms with Gasteiger partial charge in [-0.2, -0.15) is 18.3 Å². The number of carboxylic acids is 1. The number of carbonyl (C=O) groups is 5. The smallest absolute Gasteiger partial charge is 0.420 e. The van der Waals surface area contributed by atoms with Gasteiger partial charge in [0.2, 0.25) is 17.7 Å². The van der Waals surface area contributed by atoms with Crippen LogP contribution in [0, 0.1) is 5.92 Å². The molecule has 2 saturated heterocycles. The number of likely N-dealkylation sites (tertiary alicyclic amines) is 1. The van der Waals surface area contributed by atoms with Crippen molar-refractivity contribution in [2.75, 3.05) is 48.3 Å². The minimum absolute atomic E-state index is 0.0000583. The first-order chi connectivity index (χ1) is 35.2. The van der Waals surface area contributed by atoms with E-state index in [1.54, 1.807) is 35.0 Å². The molecule has 17 nitrogen and oxygen atoms in total. The zero-order valence-corrected chi connectivity index (χ0v) is 40.3. The van der Waals surface area contributed by atoms with E-state index in [1.165, 1.54) is 41.7 Å². The summed E-state index contributed by atoms with van der Waals surface area (Å²) in [6.45, 7) is 2.06. The Balaban J connectivity index is 0.742. The van der Waals surface area contributed by atoms with E-state index in [9.17, 15) is 42.3 Å². The maximum atomic E-state index is 15.0. The summed E-state index contributed by atoms with van der Waals surface area (Å²) in [6, 6.07) is 21.4. The SMILES string of the molecule is Cn1nc(C2CCC(=O)NC2=O)c2ccc(NC(=O)CN3CCC(CCCOc4cccc(-c5ccc(N6CCc7ccnc(C(=O)Nc8nc9ccccc9s8)c7C6)nc5C(=O)O)c4C(F)(F)F)CC3)cc21. The molecule has 7 heterocycles. The Morgan fingerprint density at radius 3 is 2.51 bits per heavy atom. The highest BCUT2D eigenvalue weighted by Gasteiger charge is 2.39. The summed E-state index contributed by atoms with van der Waals surface area (Å²) < 4.78 is 53.4. The molecule has 0 aliphatic carbocycles. The number of nitrogens with one attached hydrogen (secondary N) is 3. The van der Waals surface area contributed by atoms with E-state index in [4.69, 9.17) is 4.74 Å². The summed E-state index contributed by atoms with van der Waals surface area (Å²) in [5.74, 6) is -3.28. The van der Waals surface area contributed by atoms with Gasteiger partial charge in [0.05, 0.1) is 40.5 Å². The van der Waals surface area contributed by atoms with Crippen LogP contribution in [0.3, 0.4) is 0 Å². The normalized spacial score (nSPS) is 16.6. The average molecular weight is 1020 g/mol. The fraction of sp³-hybridized carbons (Fsp3) is 0.327. The molecule has 4 aromatic heterocycles.